The molecule has 0 bridgehead atoms. The Hall–Kier alpha value is -3.31. The van der Waals surface area contributed by atoms with Crippen LogP contribution >= 0.6 is 11.6 Å². The van der Waals surface area contributed by atoms with E-state index in [1.807, 2.05) is 6.92 Å². The van der Waals surface area contributed by atoms with Crippen molar-refractivity contribution < 1.29 is 37.0 Å². The van der Waals surface area contributed by atoms with E-state index in [9.17, 15) is 27.6 Å². The zero-order valence-corrected chi connectivity index (χ0v) is 19.6. The van der Waals surface area contributed by atoms with E-state index in [0.717, 1.165) is 25.0 Å². The fourth-order valence-electron chi connectivity index (χ4n) is 3.36. The molecule has 0 aliphatic carbocycles. The summed E-state index contributed by atoms with van der Waals surface area (Å²) in [5, 5.41) is -0.556. The second-order valence-corrected chi connectivity index (χ2v) is 8.06. The maximum Gasteiger partial charge on any atom is 0.417 e. The van der Waals surface area contributed by atoms with E-state index in [1.54, 1.807) is 6.07 Å². The minimum atomic E-state index is -4.76. The summed E-state index contributed by atoms with van der Waals surface area (Å²) in [6.07, 6.45) is -3.32. The van der Waals surface area contributed by atoms with Crippen LogP contribution in [0.15, 0.2) is 36.4 Å². The van der Waals surface area contributed by atoms with Crippen LogP contribution < -0.4 is 25.2 Å². The molecule has 1 saturated heterocycles. The molecule has 12 heteroatoms. The third-order valence-corrected chi connectivity index (χ3v) is 5.53. The summed E-state index contributed by atoms with van der Waals surface area (Å²) in [5.41, 5.74) is 3.58. The molecule has 1 aliphatic rings. The first-order valence-corrected chi connectivity index (χ1v) is 11.0. The summed E-state index contributed by atoms with van der Waals surface area (Å²) in [7, 11) is 1.43. The second kappa shape index (κ2) is 11.0. The topological polar surface area (TPSA) is 97.0 Å². The first kappa shape index (κ1) is 26.3. The Morgan fingerprint density at radius 2 is 1.91 bits per heavy atom. The largest absolute Gasteiger partial charge is 0.493 e. The summed E-state index contributed by atoms with van der Waals surface area (Å²) >= 11 is 5.61. The standard InChI is InChI=1S/C23H23ClF3N3O5/c1-3-4-9-35-18-8-5-13(10-19(18)34-2)21(32)29-28-17-12-20(31)30(22(17)33)14-6-7-16(24)15(11-14)23(25,26)27/h5-8,10-11,17,28H,3-4,9,12H2,1-2H3,(H,29,32). The maximum absolute atomic E-state index is 13.2. The number of ether oxygens (including phenoxy) is 2. The summed E-state index contributed by atoms with van der Waals surface area (Å²) in [6, 6.07) is 6.11. The van der Waals surface area contributed by atoms with Gasteiger partial charge in [-0.3, -0.25) is 19.8 Å². The van der Waals surface area contributed by atoms with Crippen molar-refractivity contribution in [3.05, 3.63) is 52.5 Å². The lowest BCUT2D eigenvalue weighted by Gasteiger charge is -2.18. The minimum Gasteiger partial charge on any atom is -0.493 e. The Bertz CT molecular complexity index is 1130. The van der Waals surface area contributed by atoms with Gasteiger partial charge in [-0.05, 0) is 42.8 Å². The van der Waals surface area contributed by atoms with Crippen LogP contribution in [0.4, 0.5) is 18.9 Å². The number of hydrogen-bond donors (Lipinski definition) is 2. The number of halogens is 4. The second-order valence-electron chi connectivity index (χ2n) is 7.65. The average Bonchev–Trinajstić information content (AvgIpc) is 3.10. The van der Waals surface area contributed by atoms with E-state index >= 15 is 0 Å². The highest BCUT2D eigenvalue weighted by Crippen LogP contribution is 2.38. The average molecular weight is 514 g/mol. The molecule has 2 aromatic rings. The monoisotopic (exact) mass is 513 g/mol. The number of imide groups is 1. The third kappa shape index (κ3) is 6.04. The summed E-state index contributed by atoms with van der Waals surface area (Å²) < 4.78 is 50.4. The van der Waals surface area contributed by atoms with Crippen LogP contribution in [0, 0.1) is 0 Å². The van der Waals surface area contributed by atoms with Crippen molar-refractivity contribution in [2.75, 3.05) is 18.6 Å². The van der Waals surface area contributed by atoms with E-state index in [-0.39, 0.29) is 17.7 Å². The highest BCUT2D eigenvalue weighted by atomic mass is 35.5. The number of hydrazine groups is 1. The number of hydrogen-bond acceptors (Lipinski definition) is 6. The van der Waals surface area contributed by atoms with Crippen molar-refractivity contribution in [1.29, 1.82) is 0 Å². The fraction of sp³-hybridized carbons (Fsp3) is 0.348. The number of unbranched alkanes of at least 4 members (excludes halogenated alkanes) is 1. The van der Waals surface area contributed by atoms with Gasteiger partial charge in [0.25, 0.3) is 11.8 Å². The van der Waals surface area contributed by atoms with Gasteiger partial charge in [-0.2, -0.15) is 13.2 Å². The Labute approximate surface area is 204 Å². The Balaban J connectivity index is 1.68. The van der Waals surface area contributed by atoms with E-state index < -0.39 is 40.5 Å². The lowest BCUT2D eigenvalue weighted by molar-refractivity contribution is -0.137. The van der Waals surface area contributed by atoms with Crippen molar-refractivity contribution in [2.24, 2.45) is 0 Å². The molecule has 0 radical (unpaired) electrons. The molecular weight excluding hydrogens is 491 g/mol. The van der Waals surface area contributed by atoms with E-state index in [4.69, 9.17) is 21.1 Å². The molecule has 3 amide bonds. The smallest absolute Gasteiger partial charge is 0.417 e. The molecule has 1 aliphatic heterocycles. The molecule has 35 heavy (non-hydrogen) atoms. The number of carbonyl (C=O) groups is 3. The van der Waals surface area contributed by atoms with Crippen molar-refractivity contribution in [1.82, 2.24) is 10.9 Å². The van der Waals surface area contributed by atoms with Crippen LogP contribution in [0.3, 0.4) is 0 Å². The third-order valence-electron chi connectivity index (χ3n) is 5.20. The number of nitrogens with one attached hydrogen (secondary N) is 2. The zero-order valence-electron chi connectivity index (χ0n) is 18.9. The summed E-state index contributed by atoms with van der Waals surface area (Å²) in [4.78, 5) is 38.3. The molecule has 0 spiro atoms. The lowest BCUT2D eigenvalue weighted by atomic mass is 10.2. The van der Waals surface area contributed by atoms with Crippen molar-refractivity contribution in [3.8, 4) is 11.5 Å². The summed E-state index contributed by atoms with van der Waals surface area (Å²) in [6.45, 7) is 2.52. The number of carbonyl (C=O) groups excluding carboxylic acids is 3. The Morgan fingerprint density at radius 3 is 2.57 bits per heavy atom. The predicted molar refractivity (Wildman–Crippen MR) is 121 cm³/mol. The molecular formula is C23H23ClF3N3O5. The number of methoxy groups -OCH3 is 1. The van der Waals surface area contributed by atoms with Crippen molar-refractivity contribution >= 4 is 35.0 Å². The van der Waals surface area contributed by atoms with Crippen molar-refractivity contribution in [2.45, 2.75) is 38.4 Å². The number of amides is 3. The van der Waals surface area contributed by atoms with Crippen LogP contribution in [0.5, 0.6) is 11.5 Å². The molecule has 1 unspecified atom stereocenters. The van der Waals surface area contributed by atoms with Gasteiger partial charge in [-0.15, -0.1) is 0 Å². The number of rotatable bonds is 9. The molecule has 1 heterocycles. The maximum atomic E-state index is 13.2. The minimum absolute atomic E-state index is 0.193. The highest BCUT2D eigenvalue weighted by Gasteiger charge is 2.41. The molecule has 3 rings (SSSR count). The van der Waals surface area contributed by atoms with Crippen LogP contribution in [-0.4, -0.2) is 37.5 Å². The molecule has 188 valence electrons. The van der Waals surface area contributed by atoms with Crippen LogP contribution in [-0.2, 0) is 15.8 Å². The fourth-order valence-corrected chi connectivity index (χ4v) is 3.59. The van der Waals surface area contributed by atoms with Gasteiger partial charge in [0.05, 0.1) is 36.4 Å². The first-order chi connectivity index (χ1) is 16.6. The number of benzene rings is 2. The van der Waals surface area contributed by atoms with Crippen LogP contribution in [0.2, 0.25) is 5.02 Å². The molecule has 1 fully saturated rings. The number of alkyl halides is 3. The quantitative estimate of drug-likeness (QED) is 0.297. The number of anilines is 1. The van der Waals surface area contributed by atoms with Crippen molar-refractivity contribution in [3.63, 3.8) is 0 Å². The molecule has 0 saturated carbocycles. The van der Waals surface area contributed by atoms with Gasteiger partial charge in [0.2, 0.25) is 5.91 Å². The van der Waals surface area contributed by atoms with Gasteiger partial charge in [-0.25, -0.2) is 10.3 Å². The number of nitrogens with zero attached hydrogens (tertiary/aromatic N) is 1. The zero-order chi connectivity index (χ0) is 25.8. The highest BCUT2D eigenvalue weighted by molar-refractivity contribution is 6.31. The molecule has 2 aromatic carbocycles. The summed E-state index contributed by atoms with van der Waals surface area (Å²) in [5.74, 6) is -1.35. The Kier molecular flexibility index (Phi) is 8.23. The normalized spacial score (nSPS) is 15.9. The SMILES string of the molecule is CCCCOc1ccc(C(=O)NNC2CC(=O)N(c3ccc(Cl)c(C(F)(F)F)c3)C2=O)cc1OC. The van der Waals surface area contributed by atoms with Gasteiger partial charge < -0.3 is 9.47 Å². The van der Waals surface area contributed by atoms with Gasteiger partial charge >= 0.3 is 6.18 Å². The van der Waals surface area contributed by atoms with Gasteiger partial charge in [0.15, 0.2) is 11.5 Å². The van der Waals surface area contributed by atoms with Crippen LogP contribution in [0.1, 0.15) is 42.1 Å². The van der Waals surface area contributed by atoms with Crippen LogP contribution in [0.25, 0.3) is 0 Å². The first-order valence-electron chi connectivity index (χ1n) is 10.7. The van der Waals surface area contributed by atoms with Gasteiger partial charge in [-0.1, -0.05) is 24.9 Å². The molecule has 8 nitrogen and oxygen atoms in total. The molecule has 1 atom stereocenters. The van der Waals surface area contributed by atoms with Gasteiger partial charge in [0, 0.05) is 5.56 Å². The van der Waals surface area contributed by atoms with E-state index in [2.05, 4.69) is 10.9 Å². The Morgan fingerprint density at radius 1 is 1.17 bits per heavy atom. The van der Waals surface area contributed by atoms with E-state index in [1.165, 1.54) is 19.2 Å². The predicted octanol–water partition coefficient (Wildman–Crippen LogP) is 4.11. The van der Waals surface area contributed by atoms with E-state index in [0.29, 0.717) is 29.1 Å². The van der Waals surface area contributed by atoms with Gasteiger partial charge in [0.1, 0.15) is 6.04 Å². The molecule has 0 aromatic heterocycles. The molecule has 2 N–H and O–H groups in total. The lowest BCUT2D eigenvalue weighted by Crippen LogP contribution is -2.48.